The number of nitrogens with zero attached hydrogens (tertiary/aromatic N) is 3. The summed E-state index contributed by atoms with van der Waals surface area (Å²) in [4.78, 5) is 11.9. The fourth-order valence-electron chi connectivity index (χ4n) is 1.79. The van der Waals surface area contributed by atoms with Crippen LogP contribution in [0.4, 0.5) is 4.39 Å². The molecule has 23 heavy (non-hydrogen) atoms. The molecule has 124 valence electrons. The minimum Gasteiger partial charge on any atom is -0.353 e. The quantitative estimate of drug-likeness (QED) is 0.622. The third-order valence-corrected chi connectivity index (χ3v) is 4.41. The number of nitrogens with two attached hydrogens (primary N) is 1. The lowest BCUT2D eigenvalue weighted by molar-refractivity contribution is -0.119. The van der Waals surface area contributed by atoms with Crippen molar-refractivity contribution in [1.29, 1.82) is 0 Å². The van der Waals surface area contributed by atoms with Gasteiger partial charge in [-0.15, -0.1) is 10.2 Å². The Morgan fingerprint density at radius 1 is 1.39 bits per heavy atom. The molecule has 1 aromatic heterocycles. The van der Waals surface area contributed by atoms with Gasteiger partial charge in [-0.05, 0) is 25.0 Å². The molecule has 0 aliphatic carbocycles. The van der Waals surface area contributed by atoms with Crippen molar-refractivity contribution in [1.82, 2.24) is 20.2 Å². The smallest absolute Gasteiger partial charge is 0.230 e. The van der Waals surface area contributed by atoms with E-state index in [0.29, 0.717) is 22.5 Å². The largest absolute Gasteiger partial charge is 0.353 e. The van der Waals surface area contributed by atoms with Crippen molar-refractivity contribution >= 4 is 17.7 Å². The highest BCUT2D eigenvalue weighted by molar-refractivity contribution is 7.99. The van der Waals surface area contributed by atoms with Gasteiger partial charge in [0.1, 0.15) is 5.82 Å². The van der Waals surface area contributed by atoms with Crippen molar-refractivity contribution in [3.05, 3.63) is 30.1 Å². The highest BCUT2D eigenvalue weighted by Gasteiger charge is 2.15. The van der Waals surface area contributed by atoms with Crippen molar-refractivity contribution in [2.75, 3.05) is 11.6 Å². The number of halogens is 1. The van der Waals surface area contributed by atoms with Crippen molar-refractivity contribution in [3.63, 3.8) is 0 Å². The number of aromatic nitrogens is 3. The average molecular weight is 337 g/mol. The first-order valence-electron chi connectivity index (χ1n) is 7.27. The van der Waals surface area contributed by atoms with Gasteiger partial charge in [0.25, 0.3) is 0 Å². The van der Waals surface area contributed by atoms with Crippen LogP contribution in [0.3, 0.4) is 0 Å². The van der Waals surface area contributed by atoms with E-state index in [1.165, 1.54) is 28.6 Å². The summed E-state index contributed by atoms with van der Waals surface area (Å²) in [7, 11) is 0. The molecule has 8 heteroatoms. The molecule has 3 N–H and O–H groups in total. The number of nitrogen functional groups attached to an aromatic ring is 1. The second-order valence-electron chi connectivity index (χ2n) is 5.58. The molecule has 6 nitrogen and oxygen atoms in total. The third-order valence-electron chi connectivity index (χ3n) is 3.47. The van der Waals surface area contributed by atoms with Gasteiger partial charge >= 0.3 is 0 Å². The third kappa shape index (κ3) is 4.44. The Balaban J connectivity index is 2.01. The minimum absolute atomic E-state index is 0.0912. The summed E-state index contributed by atoms with van der Waals surface area (Å²) in [5.74, 6) is 6.38. The second kappa shape index (κ2) is 7.45. The number of rotatable bonds is 6. The van der Waals surface area contributed by atoms with E-state index in [9.17, 15) is 9.18 Å². The molecule has 0 aliphatic heterocycles. The van der Waals surface area contributed by atoms with Crippen molar-refractivity contribution < 1.29 is 9.18 Å². The van der Waals surface area contributed by atoms with Gasteiger partial charge in [-0.1, -0.05) is 37.7 Å². The molecular formula is C15H20FN5OS. The van der Waals surface area contributed by atoms with E-state index < -0.39 is 0 Å². The fourth-order valence-corrected chi connectivity index (χ4v) is 2.46. The molecule has 1 aromatic carbocycles. The lowest BCUT2D eigenvalue weighted by Crippen LogP contribution is -2.37. The maximum absolute atomic E-state index is 13.3. The van der Waals surface area contributed by atoms with Gasteiger partial charge in [-0.3, -0.25) is 4.79 Å². The standard InChI is InChI=1S/C15H20FN5OS/c1-9(2)10(3)18-13(22)8-23-15-20-19-14(21(15)17)11-5-4-6-12(16)7-11/h4-7,9-10H,8,17H2,1-3H3,(H,18,22). The normalized spacial score (nSPS) is 12.4. The summed E-state index contributed by atoms with van der Waals surface area (Å²) < 4.78 is 14.5. The maximum Gasteiger partial charge on any atom is 0.230 e. The van der Waals surface area contributed by atoms with Gasteiger partial charge in [0, 0.05) is 11.6 Å². The van der Waals surface area contributed by atoms with Crippen LogP contribution in [0.25, 0.3) is 11.4 Å². The van der Waals surface area contributed by atoms with Gasteiger partial charge in [0.15, 0.2) is 5.82 Å². The summed E-state index contributed by atoms with van der Waals surface area (Å²) in [6.45, 7) is 6.04. The fraction of sp³-hybridized carbons (Fsp3) is 0.400. The zero-order valence-electron chi connectivity index (χ0n) is 13.3. The summed E-state index contributed by atoms with van der Waals surface area (Å²) in [5.41, 5.74) is 0.532. The van der Waals surface area contributed by atoms with E-state index in [-0.39, 0.29) is 23.5 Å². The van der Waals surface area contributed by atoms with Crippen LogP contribution in [0.1, 0.15) is 20.8 Å². The highest BCUT2D eigenvalue weighted by Crippen LogP contribution is 2.22. The molecule has 2 aromatic rings. The van der Waals surface area contributed by atoms with Gasteiger partial charge in [0.2, 0.25) is 11.1 Å². The molecule has 0 radical (unpaired) electrons. The van der Waals surface area contributed by atoms with Crippen molar-refractivity contribution in [2.45, 2.75) is 32.0 Å². The Bertz CT molecular complexity index is 688. The van der Waals surface area contributed by atoms with Crippen LogP contribution in [0, 0.1) is 11.7 Å². The summed E-state index contributed by atoms with van der Waals surface area (Å²) >= 11 is 1.19. The topological polar surface area (TPSA) is 85.8 Å². The molecule has 0 bridgehead atoms. The zero-order chi connectivity index (χ0) is 17.0. The minimum atomic E-state index is -0.373. The molecule has 0 saturated heterocycles. The lowest BCUT2D eigenvalue weighted by Gasteiger charge is -2.16. The predicted octanol–water partition coefficient (Wildman–Crippen LogP) is 2.05. The van der Waals surface area contributed by atoms with Gasteiger partial charge in [-0.25, -0.2) is 9.07 Å². The number of benzene rings is 1. The molecule has 1 atom stereocenters. The van der Waals surface area contributed by atoms with Crippen LogP contribution < -0.4 is 11.2 Å². The summed E-state index contributed by atoms with van der Waals surface area (Å²) in [5, 5.41) is 11.2. The number of hydrogen-bond acceptors (Lipinski definition) is 5. The molecule has 0 saturated carbocycles. The van der Waals surface area contributed by atoms with Crippen LogP contribution in [-0.4, -0.2) is 32.6 Å². The second-order valence-corrected chi connectivity index (χ2v) is 6.52. The van der Waals surface area contributed by atoms with Crippen molar-refractivity contribution in [3.8, 4) is 11.4 Å². The zero-order valence-corrected chi connectivity index (χ0v) is 14.1. The molecule has 1 unspecified atom stereocenters. The maximum atomic E-state index is 13.3. The summed E-state index contributed by atoms with van der Waals surface area (Å²) in [6, 6.07) is 6.05. The Morgan fingerprint density at radius 2 is 2.13 bits per heavy atom. The predicted molar refractivity (Wildman–Crippen MR) is 88.7 cm³/mol. The monoisotopic (exact) mass is 337 g/mol. The highest BCUT2D eigenvalue weighted by atomic mass is 32.2. The van der Waals surface area contributed by atoms with E-state index in [1.807, 2.05) is 20.8 Å². The number of nitrogens with one attached hydrogen (secondary N) is 1. The Labute approximate surface area is 138 Å². The van der Waals surface area contributed by atoms with E-state index in [2.05, 4.69) is 15.5 Å². The molecule has 0 fully saturated rings. The van der Waals surface area contributed by atoms with Crippen LogP contribution in [-0.2, 0) is 4.79 Å². The van der Waals surface area contributed by atoms with E-state index in [4.69, 9.17) is 5.84 Å². The van der Waals surface area contributed by atoms with E-state index in [1.54, 1.807) is 12.1 Å². The van der Waals surface area contributed by atoms with Crippen LogP contribution in [0.2, 0.25) is 0 Å². The van der Waals surface area contributed by atoms with Gasteiger partial charge < -0.3 is 11.2 Å². The molecule has 0 spiro atoms. The van der Waals surface area contributed by atoms with Gasteiger partial charge in [0.05, 0.1) is 5.75 Å². The molecule has 1 heterocycles. The lowest BCUT2D eigenvalue weighted by atomic mass is 10.1. The number of thioether (sulfide) groups is 1. The number of carbonyl (C=O) groups is 1. The SMILES string of the molecule is CC(C)C(C)NC(=O)CSc1nnc(-c2cccc(F)c2)n1N. The number of hydrogen-bond donors (Lipinski definition) is 2. The summed E-state index contributed by atoms with van der Waals surface area (Å²) in [6.07, 6.45) is 0. The Morgan fingerprint density at radius 3 is 2.78 bits per heavy atom. The van der Waals surface area contributed by atoms with E-state index in [0.717, 1.165) is 0 Å². The molecular weight excluding hydrogens is 317 g/mol. The number of amides is 1. The van der Waals surface area contributed by atoms with Crippen LogP contribution in [0.5, 0.6) is 0 Å². The first-order valence-corrected chi connectivity index (χ1v) is 8.25. The molecule has 2 rings (SSSR count). The van der Waals surface area contributed by atoms with Crippen LogP contribution >= 0.6 is 11.8 Å². The van der Waals surface area contributed by atoms with Crippen LogP contribution in [0.15, 0.2) is 29.4 Å². The average Bonchev–Trinajstić information content (AvgIpc) is 2.86. The molecule has 0 aliphatic rings. The Hall–Kier alpha value is -2.09. The first kappa shape index (κ1) is 17.3. The molecule has 1 amide bonds. The number of carbonyl (C=O) groups excluding carboxylic acids is 1. The van der Waals surface area contributed by atoms with E-state index >= 15 is 0 Å². The van der Waals surface area contributed by atoms with Crippen molar-refractivity contribution in [2.24, 2.45) is 5.92 Å². The Kier molecular flexibility index (Phi) is 5.59. The first-order chi connectivity index (χ1) is 10.9. The van der Waals surface area contributed by atoms with Gasteiger partial charge in [-0.2, -0.15) is 0 Å².